The van der Waals surface area contributed by atoms with E-state index in [-0.39, 0.29) is 18.1 Å². The number of β-amino-alcohol motifs (C(OH)–C–C–N with tert-alkyl or cyclic N) is 1. The Morgan fingerprint density at radius 3 is 2.59 bits per heavy atom. The second kappa shape index (κ2) is 7.11. The molecule has 2 N–H and O–H groups in total. The first-order chi connectivity index (χ1) is 10.4. The minimum atomic E-state index is -0.440. The molecule has 0 radical (unpaired) electrons. The van der Waals surface area contributed by atoms with Crippen LogP contribution in [0.2, 0.25) is 0 Å². The number of alkyl carbamates (subject to hydrolysis) is 1. The number of amides is 1. The zero-order chi connectivity index (χ0) is 16.2. The molecule has 1 aromatic carbocycles. The molecule has 0 aromatic heterocycles. The van der Waals surface area contributed by atoms with Crippen molar-refractivity contribution in [3.63, 3.8) is 0 Å². The first-order valence-corrected chi connectivity index (χ1v) is 7.74. The predicted octanol–water partition coefficient (Wildman–Crippen LogP) is 2.00. The van der Waals surface area contributed by atoms with Crippen LogP contribution in [0.3, 0.4) is 0 Å². The highest BCUT2D eigenvalue weighted by atomic mass is 16.5. The van der Waals surface area contributed by atoms with Crippen LogP contribution in [0.4, 0.5) is 4.79 Å². The summed E-state index contributed by atoms with van der Waals surface area (Å²) in [6.07, 6.45) is -0.848. The van der Waals surface area contributed by atoms with E-state index in [9.17, 15) is 9.90 Å². The molecule has 1 aliphatic heterocycles. The van der Waals surface area contributed by atoms with Gasteiger partial charge < -0.3 is 15.2 Å². The molecule has 1 fully saturated rings. The summed E-state index contributed by atoms with van der Waals surface area (Å²) in [5.74, 6) is 0.0449. The maximum atomic E-state index is 11.7. The lowest BCUT2D eigenvalue weighted by Gasteiger charge is -2.31. The highest BCUT2D eigenvalue weighted by molar-refractivity contribution is 5.67. The predicted molar refractivity (Wildman–Crippen MR) is 85.5 cm³/mol. The molecule has 22 heavy (non-hydrogen) atoms. The standard InChI is InChI=1S/C17H26N2O3/c1-17(2,3)19-10-14(15(20)11-19)9-18-16(21)22-12-13-7-5-4-6-8-13/h4-8,14-15,20H,9-12H2,1-3H3,(H,18,21). The van der Waals surface area contributed by atoms with Crippen molar-refractivity contribution in [2.45, 2.75) is 39.0 Å². The number of aliphatic hydroxyl groups excluding tert-OH is 1. The summed E-state index contributed by atoms with van der Waals surface area (Å²) >= 11 is 0. The molecule has 2 atom stereocenters. The molecule has 1 amide bonds. The van der Waals surface area contributed by atoms with Crippen molar-refractivity contribution in [3.05, 3.63) is 35.9 Å². The van der Waals surface area contributed by atoms with E-state index < -0.39 is 12.2 Å². The van der Waals surface area contributed by atoms with E-state index in [1.165, 1.54) is 0 Å². The molecule has 0 bridgehead atoms. The van der Waals surface area contributed by atoms with Crippen LogP contribution in [0.25, 0.3) is 0 Å². The van der Waals surface area contributed by atoms with Crippen LogP contribution in [0.5, 0.6) is 0 Å². The Bertz CT molecular complexity index is 484. The summed E-state index contributed by atoms with van der Waals surface area (Å²) in [5, 5.41) is 12.9. The summed E-state index contributed by atoms with van der Waals surface area (Å²) in [7, 11) is 0. The molecule has 1 heterocycles. The molecule has 1 aliphatic rings. The van der Waals surface area contributed by atoms with E-state index in [0.717, 1.165) is 12.1 Å². The third-order valence-corrected chi connectivity index (χ3v) is 4.08. The molecule has 5 heteroatoms. The van der Waals surface area contributed by atoms with Gasteiger partial charge in [0.15, 0.2) is 0 Å². The molecule has 0 spiro atoms. The number of carbonyl (C=O) groups is 1. The number of ether oxygens (including phenoxy) is 1. The number of likely N-dealkylation sites (tertiary alicyclic amines) is 1. The summed E-state index contributed by atoms with van der Waals surface area (Å²) < 4.78 is 5.17. The smallest absolute Gasteiger partial charge is 0.407 e. The van der Waals surface area contributed by atoms with Crippen molar-refractivity contribution in [2.75, 3.05) is 19.6 Å². The van der Waals surface area contributed by atoms with Crippen LogP contribution in [0, 0.1) is 5.92 Å². The molecule has 5 nitrogen and oxygen atoms in total. The van der Waals surface area contributed by atoms with Crippen molar-refractivity contribution in [3.8, 4) is 0 Å². The number of hydrogen-bond acceptors (Lipinski definition) is 4. The van der Waals surface area contributed by atoms with Crippen LogP contribution >= 0.6 is 0 Å². The van der Waals surface area contributed by atoms with Gasteiger partial charge in [-0.2, -0.15) is 0 Å². The lowest BCUT2D eigenvalue weighted by molar-refractivity contribution is 0.117. The Balaban J connectivity index is 1.72. The molecule has 1 aromatic rings. The van der Waals surface area contributed by atoms with Crippen LogP contribution in [-0.4, -0.2) is 47.4 Å². The summed E-state index contributed by atoms with van der Waals surface area (Å²) in [5.41, 5.74) is 0.987. The normalized spacial score (nSPS) is 22.5. The SMILES string of the molecule is CC(C)(C)N1CC(O)C(CNC(=O)OCc2ccccc2)C1. The Morgan fingerprint density at radius 2 is 2.00 bits per heavy atom. The van der Waals surface area contributed by atoms with Crippen molar-refractivity contribution in [1.82, 2.24) is 10.2 Å². The van der Waals surface area contributed by atoms with Gasteiger partial charge in [-0.3, -0.25) is 4.90 Å². The van der Waals surface area contributed by atoms with E-state index in [1.54, 1.807) is 0 Å². The highest BCUT2D eigenvalue weighted by Gasteiger charge is 2.36. The van der Waals surface area contributed by atoms with E-state index >= 15 is 0 Å². The largest absolute Gasteiger partial charge is 0.445 e. The number of rotatable bonds is 4. The summed E-state index contributed by atoms with van der Waals surface area (Å²) in [6, 6.07) is 9.57. The van der Waals surface area contributed by atoms with E-state index in [1.807, 2.05) is 30.3 Å². The van der Waals surface area contributed by atoms with Crippen molar-refractivity contribution in [2.24, 2.45) is 5.92 Å². The number of nitrogens with zero attached hydrogens (tertiary/aromatic N) is 1. The van der Waals surface area contributed by atoms with Gasteiger partial charge in [0.2, 0.25) is 0 Å². The van der Waals surface area contributed by atoms with Crippen molar-refractivity contribution < 1.29 is 14.6 Å². The number of aliphatic hydroxyl groups is 1. The molecule has 0 saturated carbocycles. The first-order valence-electron chi connectivity index (χ1n) is 7.74. The molecular formula is C17H26N2O3. The minimum absolute atomic E-state index is 0.0313. The number of nitrogens with one attached hydrogen (secondary N) is 1. The second-order valence-corrected chi connectivity index (χ2v) is 6.85. The zero-order valence-electron chi connectivity index (χ0n) is 13.6. The molecule has 2 unspecified atom stereocenters. The van der Waals surface area contributed by atoms with Gasteiger partial charge in [0.1, 0.15) is 6.61 Å². The van der Waals surface area contributed by atoms with E-state index in [2.05, 4.69) is 31.0 Å². The Hall–Kier alpha value is -1.59. The second-order valence-electron chi connectivity index (χ2n) is 6.85. The van der Waals surface area contributed by atoms with Gasteiger partial charge in [-0.25, -0.2) is 4.79 Å². The van der Waals surface area contributed by atoms with Gasteiger partial charge in [-0.1, -0.05) is 30.3 Å². The maximum absolute atomic E-state index is 11.7. The zero-order valence-corrected chi connectivity index (χ0v) is 13.6. The molecule has 2 rings (SSSR count). The van der Waals surface area contributed by atoms with Gasteiger partial charge >= 0.3 is 6.09 Å². The fourth-order valence-corrected chi connectivity index (χ4v) is 2.59. The topological polar surface area (TPSA) is 61.8 Å². The number of benzene rings is 1. The van der Waals surface area contributed by atoms with Crippen molar-refractivity contribution in [1.29, 1.82) is 0 Å². The van der Waals surface area contributed by atoms with E-state index in [0.29, 0.717) is 13.1 Å². The van der Waals surface area contributed by atoms with Crippen LogP contribution < -0.4 is 5.32 Å². The molecule has 1 saturated heterocycles. The van der Waals surface area contributed by atoms with Crippen molar-refractivity contribution >= 4 is 6.09 Å². The van der Waals surface area contributed by atoms with Crippen LogP contribution in [-0.2, 0) is 11.3 Å². The summed E-state index contributed by atoms with van der Waals surface area (Å²) in [4.78, 5) is 14.0. The molecular weight excluding hydrogens is 280 g/mol. The lowest BCUT2D eigenvalue weighted by Crippen LogP contribution is -2.40. The fraction of sp³-hybridized carbons (Fsp3) is 0.588. The monoisotopic (exact) mass is 306 g/mol. The van der Waals surface area contributed by atoms with E-state index in [4.69, 9.17) is 4.74 Å². The average Bonchev–Trinajstić information content (AvgIpc) is 2.85. The minimum Gasteiger partial charge on any atom is -0.445 e. The summed E-state index contributed by atoms with van der Waals surface area (Å²) in [6.45, 7) is 8.50. The van der Waals surface area contributed by atoms with Gasteiger partial charge in [0.05, 0.1) is 6.10 Å². The maximum Gasteiger partial charge on any atom is 0.407 e. The average molecular weight is 306 g/mol. The Morgan fingerprint density at radius 1 is 1.32 bits per heavy atom. The molecule has 122 valence electrons. The molecule has 0 aliphatic carbocycles. The first kappa shape index (κ1) is 16.8. The third kappa shape index (κ3) is 4.71. The number of carbonyl (C=O) groups excluding carboxylic acids is 1. The number of hydrogen-bond donors (Lipinski definition) is 2. The lowest BCUT2D eigenvalue weighted by atomic mass is 10.1. The Kier molecular flexibility index (Phi) is 5.42. The fourth-order valence-electron chi connectivity index (χ4n) is 2.59. The quantitative estimate of drug-likeness (QED) is 0.893. The van der Waals surface area contributed by atoms with Gasteiger partial charge in [0, 0.05) is 31.1 Å². The highest BCUT2D eigenvalue weighted by Crippen LogP contribution is 2.24. The Labute approximate surface area is 132 Å². The van der Waals surface area contributed by atoms with Gasteiger partial charge in [0.25, 0.3) is 0 Å². The third-order valence-electron chi connectivity index (χ3n) is 4.08. The van der Waals surface area contributed by atoms with Crippen LogP contribution in [0.15, 0.2) is 30.3 Å². The van der Waals surface area contributed by atoms with Gasteiger partial charge in [-0.15, -0.1) is 0 Å². The van der Waals surface area contributed by atoms with Crippen LogP contribution in [0.1, 0.15) is 26.3 Å². The van der Waals surface area contributed by atoms with Gasteiger partial charge in [-0.05, 0) is 26.3 Å².